The molecule has 2 fully saturated rings. The lowest BCUT2D eigenvalue weighted by Crippen LogP contribution is -2.31. The minimum atomic E-state index is -5.08. The van der Waals surface area contributed by atoms with Crippen LogP contribution in [0, 0.1) is 12.3 Å². The molecule has 0 aromatic carbocycles. The Kier molecular flexibility index (Phi) is 6.25. The van der Waals surface area contributed by atoms with Crippen molar-refractivity contribution in [2.45, 2.75) is 32.5 Å². The average molecular weight is 443 g/mol. The third-order valence-electron chi connectivity index (χ3n) is 4.94. The van der Waals surface area contributed by atoms with E-state index in [2.05, 4.69) is 19.9 Å². The molecule has 2 aromatic heterocycles. The summed E-state index contributed by atoms with van der Waals surface area (Å²) in [6.07, 6.45) is 0.0943. The van der Waals surface area contributed by atoms with Gasteiger partial charge < -0.3 is 14.9 Å². The van der Waals surface area contributed by atoms with Crippen LogP contribution >= 0.6 is 11.3 Å². The quantitative estimate of drug-likeness (QED) is 0.778. The fourth-order valence-corrected chi connectivity index (χ4v) is 4.24. The van der Waals surface area contributed by atoms with Crippen LogP contribution in [0.1, 0.15) is 23.5 Å². The van der Waals surface area contributed by atoms with E-state index < -0.39 is 12.1 Å². The summed E-state index contributed by atoms with van der Waals surface area (Å²) in [6.45, 7) is 5.21. The van der Waals surface area contributed by atoms with E-state index in [1.54, 1.807) is 23.7 Å². The molecule has 0 saturated carbocycles. The first-order valence-electron chi connectivity index (χ1n) is 9.09. The standard InChI is InChI=1S/C16H19N5OS.C2HF3O2/c1-12-19-13(9-23-12)8-21-11-16(7-14(21)22)3-6-20(10-16)15-17-4-2-5-18-15;3-2(4,5)1(6)7/h2,4-5,9H,3,6-8,10-11H2,1H3;(H,6,7). The van der Waals surface area contributed by atoms with E-state index in [1.165, 1.54) is 0 Å². The summed E-state index contributed by atoms with van der Waals surface area (Å²) in [4.78, 5) is 38.6. The number of anilines is 1. The van der Waals surface area contributed by atoms with Crippen molar-refractivity contribution >= 4 is 29.2 Å². The second-order valence-electron chi connectivity index (χ2n) is 7.31. The van der Waals surface area contributed by atoms with Gasteiger partial charge in [0, 0.05) is 49.2 Å². The number of halogens is 3. The Morgan fingerprint density at radius 2 is 1.97 bits per heavy atom. The van der Waals surface area contributed by atoms with E-state index in [4.69, 9.17) is 9.90 Å². The highest BCUT2D eigenvalue weighted by Gasteiger charge is 2.48. The molecule has 0 radical (unpaired) electrons. The van der Waals surface area contributed by atoms with Gasteiger partial charge in [-0.25, -0.2) is 19.7 Å². The average Bonchev–Trinajstić information content (AvgIpc) is 3.36. The lowest BCUT2D eigenvalue weighted by atomic mass is 9.86. The molecule has 2 aliphatic heterocycles. The molecule has 1 spiro atoms. The van der Waals surface area contributed by atoms with E-state index in [1.807, 2.05) is 23.3 Å². The number of amides is 1. The van der Waals surface area contributed by atoms with Gasteiger partial charge >= 0.3 is 12.1 Å². The predicted octanol–water partition coefficient (Wildman–Crippen LogP) is 2.50. The number of likely N-dealkylation sites (tertiary alicyclic amines) is 1. The van der Waals surface area contributed by atoms with Gasteiger partial charge in [0.15, 0.2) is 0 Å². The van der Waals surface area contributed by atoms with Crippen LogP contribution in [-0.2, 0) is 16.1 Å². The van der Waals surface area contributed by atoms with E-state index >= 15 is 0 Å². The van der Waals surface area contributed by atoms with Crippen molar-refractivity contribution < 1.29 is 27.9 Å². The predicted molar refractivity (Wildman–Crippen MR) is 102 cm³/mol. The molecular weight excluding hydrogens is 423 g/mol. The Labute approximate surface area is 174 Å². The molecule has 0 bridgehead atoms. The summed E-state index contributed by atoms with van der Waals surface area (Å²) in [5, 5.41) is 10.2. The van der Waals surface area contributed by atoms with Gasteiger partial charge in [-0.3, -0.25) is 4.79 Å². The maximum Gasteiger partial charge on any atom is 0.490 e. The van der Waals surface area contributed by atoms with Crippen LogP contribution in [0.25, 0.3) is 0 Å². The monoisotopic (exact) mass is 443 g/mol. The molecule has 0 aliphatic carbocycles. The number of aliphatic carboxylic acids is 1. The highest BCUT2D eigenvalue weighted by molar-refractivity contribution is 7.09. The summed E-state index contributed by atoms with van der Waals surface area (Å²) < 4.78 is 31.7. The van der Waals surface area contributed by atoms with Gasteiger partial charge in [0.25, 0.3) is 0 Å². The first-order valence-corrected chi connectivity index (χ1v) is 9.97. The number of hydrogen-bond acceptors (Lipinski definition) is 7. The number of rotatable bonds is 3. The Bertz CT molecular complexity index is 908. The van der Waals surface area contributed by atoms with Crippen LogP contribution in [0.5, 0.6) is 0 Å². The van der Waals surface area contributed by atoms with Crippen molar-refractivity contribution in [3.63, 3.8) is 0 Å². The van der Waals surface area contributed by atoms with E-state index in [0.717, 1.165) is 42.7 Å². The zero-order valence-electron chi connectivity index (χ0n) is 16.1. The number of carboxylic acid groups (broad SMARTS) is 1. The fourth-order valence-electron chi connectivity index (χ4n) is 3.64. The summed E-state index contributed by atoms with van der Waals surface area (Å²) in [7, 11) is 0. The maximum atomic E-state index is 12.4. The Morgan fingerprint density at radius 1 is 1.30 bits per heavy atom. The molecule has 162 valence electrons. The lowest BCUT2D eigenvalue weighted by Gasteiger charge is -2.23. The lowest BCUT2D eigenvalue weighted by molar-refractivity contribution is -0.192. The van der Waals surface area contributed by atoms with E-state index in [-0.39, 0.29) is 11.3 Å². The van der Waals surface area contributed by atoms with Gasteiger partial charge in [-0.05, 0) is 19.4 Å². The Morgan fingerprint density at radius 3 is 2.53 bits per heavy atom. The van der Waals surface area contributed by atoms with E-state index in [0.29, 0.717) is 13.0 Å². The van der Waals surface area contributed by atoms with Gasteiger partial charge in [-0.2, -0.15) is 13.2 Å². The molecule has 1 amide bonds. The van der Waals surface area contributed by atoms with Gasteiger partial charge in [0.05, 0.1) is 17.2 Å². The van der Waals surface area contributed by atoms with Crippen LogP contribution in [0.4, 0.5) is 19.1 Å². The number of hydrogen-bond donors (Lipinski definition) is 1. The maximum absolute atomic E-state index is 12.4. The van der Waals surface area contributed by atoms with Crippen LogP contribution in [0.2, 0.25) is 0 Å². The van der Waals surface area contributed by atoms with Crippen molar-refractivity contribution in [3.8, 4) is 0 Å². The summed E-state index contributed by atoms with van der Waals surface area (Å²) in [6, 6.07) is 1.83. The normalized spacial score (nSPS) is 21.1. The van der Waals surface area contributed by atoms with Crippen molar-refractivity contribution in [3.05, 3.63) is 34.5 Å². The summed E-state index contributed by atoms with van der Waals surface area (Å²) in [5.74, 6) is -1.75. The first kappa shape index (κ1) is 21.9. The third kappa shape index (κ3) is 5.23. The zero-order chi connectivity index (χ0) is 21.9. The molecule has 12 heteroatoms. The van der Waals surface area contributed by atoms with Crippen LogP contribution in [0.3, 0.4) is 0 Å². The molecule has 2 saturated heterocycles. The zero-order valence-corrected chi connectivity index (χ0v) is 16.9. The highest BCUT2D eigenvalue weighted by Crippen LogP contribution is 2.41. The SMILES string of the molecule is Cc1nc(CN2CC3(CCN(c4ncccn4)C3)CC2=O)cs1.O=C(O)C(F)(F)F. The summed E-state index contributed by atoms with van der Waals surface area (Å²) in [5.41, 5.74) is 1.04. The van der Waals surface area contributed by atoms with Gasteiger partial charge in [-0.15, -0.1) is 11.3 Å². The molecular formula is C18H20F3N5O3S. The largest absolute Gasteiger partial charge is 0.490 e. The van der Waals surface area contributed by atoms with Gasteiger partial charge in [0.1, 0.15) is 0 Å². The van der Waals surface area contributed by atoms with Gasteiger partial charge in [0.2, 0.25) is 11.9 Å². The van der Waals surface area contributed by atoms with Crippen molar-refractivity contribution in [1.29, 1.82) is 0 Å². The molecule has 2 aromatic rings. The molecule has 4 heterocycles. The van der Waals surface area contributed by atoms with Gasteiger partial charge in [-0.1, -0.05) is 0 Å². The van der Waals surface area contributed by atoms with Crippen LogP contribution in [-0.4, -0.2) is 62.6 Å². The molecule has 1 unspecified atom stereocenters. The van der Waals surface area contributed by atoms with E-state index in [9.17, 15) is 18.0 Å². The molecule has 1 atom stereocenters. The topological polar surface area (TPSA) is 99.5 Å². The number of carbonyl (C=O) groups is 2. The second-order valence-corrected chi connectivity index (χ2v) is 8.37. The summed E-state index contributed by atoms with van der Waals surface area (Å²) >= 11 is 1.64. The number of nitrogens with zero attached hydrogens (tertiary/aromatic N) is 5. The fraction of sp³-hybridized carbons (Fsp3) is 0.500. The number of alkyl halides is 3. The third-order valence-corrected chi connectivity index (χ3v) is 5.76. The molecule has 30 heavy (non-hydrogen) atoms. The number of aryl methyl sites for hydroxylation is 1. The van der Waals surface area contributed by atoms with Crippen molar-refractivity contribution in [1.82, 2.24) is 19.9 Å². The number of aromatic nitrogens is 3. The second kappa shape index (κ2) is 8.54. The molecule has 1 N–H and O–H groups in total. The Hall–Kier alpha value is -2.76. The first-order chi connectivity index (χ1) is 14.1. The Balaban J connectivity index is 0.000000318. The number of carbonyl (C=O) groups excluding carboxylic acids is 1. The molecule has 2 aliphatic rings. The molecule has 8 nitrogen and oxygen atoms in total. The highest BCUT2D eigenvalue weighted by atomic mass is 32.1. The smallest absolute Gasteiger partial charge is 0.475 e. The van der Waals surface area contributed by atoms with Crippen LogP contribution < -0.4 is 4.90 Å². The number of carboxylic acids is 1. The molecule has 4 rings (SSSR count). The number of thiazole rings is 1. The minimum Gasteiger partial charge on any atom is -0.475 e. The van der Waals surface area contributed by atoms with Crippen molar-refractivity contribution in [2.75, 3.05) is 24.5 Å². The van der Waals surface area contributed by atoms with Crippen molar-refractivity contribution in [2.24, 2.45) is 5.41 Å². The van der Waals surface area contributed by atoms with Crippen LogP contribution in [0.15, 0.2) is 23.8 Å². The minimum absolute atomic E-state index is 0.0430.